The summed E-state index contributed by atoms with van der Waals surface area (Å²) in [6.07, 6.45) is 0.452. The lowest BCUT2D eigenvalue weighted by atomic mass is 9.97. The average Bonchev–Trinajstić information content (AvgIpc) is 2.70. The third-order valence-electron chi connectivity index (χ3n) is 4.69. The number of amides is 1. The zero-order chi connectivity index (χ0) is 21.2. The van der Waals surface area contributed by atoms with Crippen LogP contribution in [0.15, 0.2) is 51.8 Å². The van der Waals surface area contributed by atoms with Crippen molar-refractivity contribution in [3.8, 4) is 0 Å². The molecule has 8 nitrogen and oxygen atoms in total. The summed E-state index contributed by atoms with van der Waals surface area (Å²) in [6.45, 7) is 0.0740. The summed E-state index contributed by atoms with van der Waals surface area (Å²) in [4.78, 5) is 22.5. The Kier molecular flexibility index (Phi) is 6.30. The van der Waals surface area contributed by atoms with Crippen molar-refractivity contribution in [2.75, 3.05) is 18.4 Å². The molecule has 1 aliphatic rings. The number of benzene rings is 2. The minimum absolute atomic E-state index is 0.0370. The lowest BCUT2D eigenvalue weighted by Crippen LogP contribution is -2.41. The highest BCUT2D eigenvalue weighted by molar-refractivity contribution is 9.10. The molecule has 2 aromatic rings. The molecule has 0 aromatic heterocycles. The monoisotopic (exact) mass is 485 g/mol. The first kappa shape index (κ1) is 21.3. The van der Waals surface area contributed by atoms with E-state index in [1.165, 1.54) is 30.3 Å². The van der Waals surface area contributed by atoms with Crippen LogP contribution in [0.1, 0.15) is 12.8 Å². The Morgan fingerprint density at radius 2 is 1.86 bits per heavy atom. The van der Waals surface area contributed by atoms with Gasteiger partial charge in [0.15, 0.2) is 4.90 Å². The smallest absolute Gasteiger partial charge is 0.289 e. The van der Waals surface area contributed by atoms with Gasteiger partial charge in [0.2, 0.25) is 15.9 Å². The van der Waals surface area contributed by atoms with E-state index in [0.717, 1.165) is 10.4 Å². The average molecular weight is 486 g/mol. The number of rotatable bonds is 5. The summed E-state index contributed by atoms with van der Waals surface area (Å²) >= 11 is 3.14. The zero-order valence-corrected chi connectivity index (χ0v) is 17.4. The van der Waals surface area contributed by atoms with Gasteiger partial charge >= 0.3 is 0 Å². The Morgan fingerprint density at radius 1 is 1.21 bits per heavy atom. The summed E-state index contributed by atoms with van der Waals surface area (Å²) in [5, 5.41) is 13.7. The van der Waals surface area contributed by atoms with E-state index in [9.17, 15) is 27.7 Å². The van der Waals surface area contributed by atoms with Gasteiger partial charge in [-0.05, 0) is 37.1 Å². The summed E-state index contributed by atoms with van der Waals surface area (Å²) in [5.74, 6) is -1.46. The van der Waals surface area contributed by atoms with Crippen molar-refractivity contribution in [2.24, 2.45) is 5.92 Å². The molecule has 2 aromatic carbocycles. The van der Waals surface area contributed by atoms with Gasteiger partial charge in [0.25, 0.3) is 5.69 Å². The highest BCUT2D eigenvalue weighted by Crippen LogP contribution is 2.30. The van der Waals surface area contributed by atoms with Gasteiger partial charge in [-0.25, -0.2) is 12.8 Å². The van der Waals surface area contributed by atoms with E-state index in [1.54, 1.807) is 6.07 Å². The van der Waals surface area contributed by atoms with E-state index < -0.39 is 38.3 Å². The Labute approximate surface area is 175 Å². The summed E-state index contributed by atoms with van der Waals surface area (Å²) in [5.41, 5.74) is -0.439. The van der Waals surface area contributed by atoms with Gasteiger partial charge in [-0.15, -0.1) is 0 Å². The molecule has 0 aliphatic carbocycles. The Morgan fingerprint density at radius 3 is 2.48 bits per heavy atom. The predicted octanol–water partition coefficient (Wildman–Crippen LogP) is 3.54. The molecule has 0 unspecified atom stereocenters. The first-order valence-corrected chi connectivity index (χ1v) is 10.9. The predicted molar refractivity (Wildman–Crippen MR) is 107 cm³/mol. The SMILES string of the molecule is O=C(Nc1ccc(Br)cc1F)C1CCN(S(=O)(=O)c2ccccc2[N+](=O)[O-])CC1. The minimum atomic E-state index is -4.06. The molecule has 0 bridgehead atoms. The summed E-state index contributed by atoms with van der Waals surface area (Å²) < 4.78 is 41.2. The molecule has 1 heterocycles. The van der Waals surface area contributed by atoms with Gasteiger partial charge in [-0.2, -0.15) is 4.31 Å². The Balaban J connectivity index is 1.68. The molecule has 1 amide bonds. The van der Waals surface area contributed by atoms with E-state index in [4.69, 9.17) is 0 Å². The van der Waals surface area contributed by atoms with E-state index >= 15 is 0 Å². The van der Waals surface area contributed by atoms with Crippen LogP contribution in [0.3, 0.4) is 0 Å². The van der Waals surface area contributed by atoms with Crippen molar-refractivity contribution < 1.29 is 22.5 Å². The number of para-hydroxylation sites is 1. The van der Waals surface area contributed by atoms with E-state index in [-0.39, 0.29) is 36.5 Å². The van der Waals surface area contributed by atoms with Crippen LogP contribution >= 0.6 is 15.9 Å². The first-order chi connectivity index (χ1) is 13.7. The lowest BCUT2D eigenvalue weighted by Gasteiger charge is -2.30. The highest BCUT2D eigenvalue weighted by Gasteiger charge is 2.35. The van der Waals surface area contributed by atoms with Crippen molar-refractivity contribution in [3.05, 3.63) is 62.9 Å². The molecule has 1 aliphatic heterocycles. The van der Waals surface area contributed by atoms with Crippen LogP contribution in [0.4, 0.5) is 15.8 Å². The normalized spacial score (nSPS) is 15.8. The fourth-order valence-corrected chi connectivity index (χ4v) is 5.11. The number of hydrogen-bond donors (Lipinski definition) is 1. The molecule has 3 rings (SSSR count). The number of nitro benzene ring substituents is 1. The molecule has 0 radical (unpaired) electrons. The topological polar surface area (TPSA) is 110 Å². The van der Waals surface area contributed by atoms with Crippen molar-refractivity contribution in [3.63, 3.8) is 0 Å². The molecule has 1 N–H and O–H groups in total. The molecule has 0 spiro atoms. The third kappa shape index (κ3) is 4.62. The van der Waals surface area contributed by atoms with Crippen LogP contribution in [0.2, 0.25) is 0 Å². The van der Waals surface area contributed by atoms with Crippen LogP contribution in [0.25, 0.3) is 0 Å². The molecule has 11 heteroatoms. The third-order valence-corrected chi connectivity index (χ3v) is 7.13. The first-order valence-electron chi connectivity index (χ1n) is 8.69. The van der Waals surface area contributed by atoms with Gasteiger partial charge in [0.1, 0.15) is 5.82 Å². The summed E-state index contributed by atoms with van der Waals surface area (Å²) in [7, 11) is -4.06. The maximum Gasteiger partial charge on any atom is 0.289 e. The molecule has 154 valence electrons. The van der Waals surface area contributed by atoms with Crippen LogP contribution in [0.5, 0.6) is 0 Å². The second kappa shape index (κ2) is 8.56. The molecule has 0 atom stereocenters. The molecule has 1 saturated heterocycles. The largest absolute Gasteiger partial charge is 0.323 e. The number of carbonyl (C=O) groups excluding carboxylic acids is 1. The standard InChI is InChI=1S/C18H17BrFN3O5S/c19-13-5-6-15(14(20)11-13)21-18(24)12-7-9-22(10-8-12)29(27,28)17-4-2-1-3-16(17)23(25)26/h1-6,11-12H,7-10H2,(H,21,24). The number of nitro groups is 1. The van der Waals surface area contributed by atoms with Crippen molar-refractivity contribution in [1.29, 1.82) is 0 Å². The van der Waals surface area contributed by atoms with Crippen molar-refractivity contribution >= 4 is 43.2 Å². The van der Waals surface area contributed by atoms with Crippen molar-refractivity contribution in [1.82, 2.24) is 4.31 Å². The number of sulfonamides is 1. The molecule has 29 heavy (non-hydrogen) atoms. The number of halogens is 2. The second-order valence-electron chi connectivity index (χ2n) is 6.52. The molecule has 0 saturated carbocycles. The maximum atomic E-state index is 13.9. The van der Waals surface area contributed by atoms with E-state index in [2.05, 4.69) is 21.2 Å². The maximum absolute atomic E-state index is 13.9. The van der Waals surface area contributed by atoms with Crippen LogP contribution in [0, 0.1) is 21.8 Å². The van der Waals surface area contributed by atoms with Crippen LogP contribution in [-0.2, 0) is 14.8 Å². The minimum Gasteiger partial charge on any atom is -0.323 e. The number of nitrogens with one attached hydrogen (secondary N) is 1. The van der Waals surface area contributed by atoms with Gasteiger partial charge in [-0.1, -0.05) is 28.1 Å². The number of anilines is 1. The van der Waals surface area contributed by atoms with Gasteiger partial charge in [-0.3, -0.25) is 14.9 Å². The second-order valence-corrected chi connectivity index (χ2v) is 9.34. The number of piperidine rings is 1. The molecular weight excluding hydrogens is 469 g/mol. The zero-order valence-electron chi connectivity index (χ0n) is 15.0. The number of nitrogens with zero attached hydrogens (tertiary/aromatic N) is 2. The number of carbonyl (C=O) groups is 1. The molecular formula is C18H17BrFN3O5S. The van der Waals surface area contributed by atoms with E-state index in [1.807, 2.05) is 0 Å². The van der Waals surface area contributed by atoms with E-state index in [0.29, 0.717) is 4.47 Å². The van der Waals surface area contributed by atoms with Crippen molar-refractivity contribution in [2.45, 2.75) is 17.7 Å². The van der Waals surface area contributed by atoms with Crippen LogP contribution < -0.4 is 5.32 Å². The fraction of sp³-hybridized carbons (Fsp3) is 0.278. The number of hydrogen-bond acceptors (Lipinski definition) is 5. The molecule has 1 fully saturated rings. The lowest BCUT2D eigenvalue weighted by molar-refractivity contribution is -0.387. The summed E-state index contributed by atoms with van der Waals surface area (Å²) in [6, 6.07) is 9.42. The quantitative estimate of drug-likeness (QED) is 0.514. The Hall–Kier alpha value is -2.37. The van der Waals surface area contributed by atoms with Gasteiger partial charge in [0, 0.05) is 29.5 Å². The Bertz CT molecular complexity index is 1060. The fourth-order valence-electron chi connectivity index (χ4n) is 3.15. The van der Waals surface area contributed by atoms with Gasteiger partial charge < -0.3 is 5.32 Å². The van der Waals surface area contributed by atoms with Gasteiger partial charge in [0.05, 0.1) is 10.6 Å². The van der Waals surface area contributed by atoms with Crippen LogP contribution in [-0.4, -0.2) is 36.6 Å². The highest BCUT2D eigenvalue weighted by atomic mass is 79.9.